The van der Waals surface area contributed by atoms with Gasteiger partial charge in [0, 0.05) is 6.08 Å². The Morgan fingerprint density at radius 1 is 1.17 bits per heavy atom. The standard InChI is InChI=1S/C20H18O4/c1-3-13-23-20(21)12-10-16-9-11-18(19(14-16)22-2)24-15-17-7-5-4-6-8-17/h1,4-12,14H,13,15H2,2H3/b12-10+. The van der Waals surface area contributed by atoms with Crippen LogP contribution in [0.1, 0.15) is 11.1 Å². The number of benzene rings is 2. The predicted molar refractivity (Wildman–Crippen MR) is 92.6 cm³/mol. The predicted octanol–water partition coefficient (Wildman–Crippen LogP) is 3.46. The maximum absolute atomic E-state index is 11.4. The molecule has 0 aliphatic rings. The molecule has 2 aromatic carbocycles. The van der Waals surface area contributed by atoms with Gasteiger partial charge in [-0.1, -0.05) is 42.3 Å². The highest BCUT2D eigenvalue weighted by atomic mass is 16.5. The lowest BCUT2D eigenvalue weighted by Crippen LogP contribution is -2.00. The van der Waals surface area contributed by atoms with Gasteiger partial charge in [0.2, 0.25) is 0 Å². The van der Waals surface area contributed by atoms with Gasteiger partial charge in [-0.2, -0.15) is 0 Å². The molecule has 2 rings (SSSR count). The van der Waals surface area contributed by atoms with E-state index in [4.69, 9.17) is 20.6 Å². The molecule has 0 unspecified atom stereocenters. The van der Waals surface area contributed by atoms with Crippen LogP contribution in [-0.4, -0.2) is 19.7 Å². The van der Waals surface area contributed by atoms with Gasteiger partial charge in [-0.3, -0.25) is 0 Å². The van der Waals surface area contributed by atoms with Gasteiger partial charge < -0.3 is 14.2 Å². The van der Waals surface area contributed by atoms with Gasteiger partial charge in [0.1, 0.15) is 6.61 Å². The average Bonchev–Trinajstić information content (AvgIpc) is 2.64. The normalized spacial score (nSPS) is 10.2. The summed E-state index contributed by atoms with van der Waals surface area (Å²) >= 11 is 0. The number of esters is 1. The summed E-state index contributed by atoms with van der Waals surface area (Å²) in [4.78, 5) is 11.4. The Morgan fingerprint density at radius 2 is 1.96 bits per heavy atom. The Morgan fingerprint density at radius 3 is 2.67 bits per heavy atom. The van der Waals surface area contributed by atoms with Crippen LogP contribution in [0.4, 0.5) is 0 Å². The van der Waals surface area contributed by atoms with Gasteiger partial charge in [-0.25, -0.2) is 4.79 Å². The molecule has 0 aliphatic heterocycles. The van der Waals surface area contributed by atoms with Crippen molar-refractivity contribution in [1.82, 2.24) is 0 Å². The van der Waals surface area contributed by atoms with E-state index in [1.54, 1.807) is 25.3 Å². The van der Waals surface area contributed by atoms with Crippen LogP contribution in [-0.2, 0) is 16.1 Å². The lowest BCUT2D eigenvalue weighted by molar-refractivity contribution is -0.136. The van der Waals surface area contributed by atoms with Gasteiger partial charge in [0.05, 0.1) is 7.11 Å². The number of terminal acetylenes is 1. The first-order chi connectivity index (χ1) is 11.7. The van der Waals surface area contributed by atoms with E-state index < -0.39 is 5.97 Å². The molecular formula is C20H18O4. The van der Waals surface area contributed by atoms with Gasteiger partial charge in [0.15, 0.2) is 18.1 Å². The minimum Gasteiger partial charge on any atom is -0.493 e. The third kappa shape index (κ3) is 5.22. The fraction of sp³-hybridized carbons (Fsp3) is 0.150. The summed E-state index contributed by atoms with van der Waals surface area (Å²) in [7, 11) is 1.57. The van der Waals surface area contributed by atoms with Crippen molar-refractivity contribution in [3.8, 4) is 23.8 Å². The second-order valence-corrected chi connectivity index (χ2v) is 4.83. The molecule has 0 fully saturated rings. The smallest absolute Gasteiger partial charge is 0.331 e. The van der Waals surface area contributed by atoms with Crippen molar-refractivity contribution in [3.63, 3.8) is 0 Å². The van der Waals surface area contributed by atoms with Crippen molar-refractivity contribution in [2.75, 3.05) is 13.7 Å². The number of hydrogen-bond acceptors (Lipinski definition) is 4. The lowest BCUT2D eigenvalue weighted by atomic mass is 10.2. The molecule has 4 nitrogen and oxygen atoms in total. The SMILES string of the molecule is C#CCOC(=O)/C=C/c1ccc(OCc2ccccc2)c(OC)c1. The Labute approximate surface area is 141 Å². The number of ether oxygens (including phenoxy) is 3. The highest BCUT2D eigenvalue weighted by Crippen LogP contribution is 2.29. The minimum absolute atomic E-state index is 0.0429. The molecule has 0 radical (unpaired) electrons. The van der Waals surface area contributed by atoms with E-state index in [9.17, 15) is 4.79 Å². The molecule has 0 saturated carbocycles. The number of methoxy groups -OCH3 is 1. The molecule has 0 amide bonds. The second-order valence-electron chi connectivity index (χ2n) is 4.83. The number of carbonyl (C=O) groups is 1. The molecule has 4 heteroatoms. The number of rotatable bonds is 7. The van der Waals surface area contributed by atoms with E-state index in [-0.39, 0.29) is 6.61 Å². The van der Waals surface area contributed by atoms with Crippen molar-refractivity contribution >= 4 is 12.0 Å². The zero-order valence-corrected chi connectivity index (χ0v) is 13.4. The molecule has 0 aromatic heterocycles. The van der Waals surface area contributed by atoms with Gasteiger partial charge in [-0.05, 0) is 29.3 Å². The van der Waals surface area contributed by atoms with Crippen LogP contribution >= 0.6 is 0 Å². The van der Waals surface area contributed by atoms with Crippen molar-refractivity contribution < 1.29 is 19.0 Å². The molecule has 0 bridgehead atoms. The van der Waals surface area contributed by atoms with E-state index in [2.05, 4.69) is 5.92 Å². The van der Waals surface area contributed by atoms with Crippen LogP contribution in [0.25, 0.3) is 6.08 Å². The summed E-state index contributed by atoms with van der Waals surface area (Å²) in [6.07, 6.45) is 7.97. The van der Waals surface area contributed by atoms with Crippen LogP contribution in [0.2, 0.25) is 0 Å². The quantitative estimate of drug-likeness (QED) is 0.445. The Kier molecular flexibility index (Phi) is 6.48. The molecule has 0 saturated heterocycles. The molecule has 0 atom stereocenters. The molecule has 2 aromatic rings. The van der Waals surface area contributed by atoms with Gasteiger partial charge in [-0.15, -0.1) is 6.42 Å². The monoisotopic (exact) mass is 322 g/mol. The summed E-state index contributed by atoms with van der Waals surface area (Å²) in [5.41, 5.74) is 1.86. The van der Waals surface area contributed by atoms with Crippen molar-refractivity contribution in [2.24, 2.45) is 0 Å². The minimum atomic E-state index is -0.490. The summed E-state index contributed by atoms with van der Waals surface area (Å²) in [6, 6.07) is 15.3. The average molecular weight is 322 g/mol. The van der Waals surface area contributed by atoms with E-state index in [1.807, 2.05) is 36.4 Å². The Balaban J connectivity index is 2.03. The topological polar surface area (TPSA) is 44.8 Å². The van der Waals surface area contributed by atoms with E-state index >= 15 is 0 Å². The Bertz CT molecular complexity index is 742. The fourth-order valence-electron chi connectivity index (χ4n) is 1.97. The molecule has 24 heavy (non-hydrogen) atoms. The summed E-state index contributed by atoms with van der Waals surface area (Å²) < 4.78 is 15.9. The van der Waals surface area contributed by atoms with Crippen LogP contribution < -0.4 is 9.47 Å². The van der Waals surface area contributed by atoms with Crippen molar-refractivity contribution in [3.05, 3.63) is 65.7 Å². The molecule has 122 valence electrons. The van der Waals surface area contributed by atoms with Crippen LogP contribution in [0.15, 0.2) is 54.6 Å². The van der Waals surface area contributed by atoms with Crippen molar-refractivity contribution in [2.45, 2.75) is 6.61 Å². The molecule has 0 N–H and O–H groups in total. The van der Waals surface area contributed by atoms with E-state index in [0.717, 1.165) is 11.1 Å². The zero-order chi connectivity index (χ0) is 17.2. The zero-order valence-electron chi connectivity index (χ0n) is 13.4. The molecule has 0 heterocycles. The van der Waals surface area contributed by atoms with Crippen LogP contribution in [0, 0.1) is 12.3 Å². The molecule has 0 aliphatic carbocycles. The fourth-order valence-corrected chi connectivity index (χ4v) is 1.97. The first-order valence-electron chi connectivity index (χ1n) is 7.36. The van der Waals surface area contributed by atoms with E-state index in [1.165, 1.54) is 6.08 Å². The lowest BCUT2D eigenvalue weighted by Gasteiger charge is -2.11. The second kappa shape index (κ2) is 9.06. The highest BCUT2D eigenvalue weighted by Gasteiger charge is 2.05. The van der Waals surface area contributed by atoms with Crippen LogP contribution in [0.3, 0.4) is 0 Å². The summed E-state index contributed by atoms with van der Waals surface area (Å²) in [5.74, 6) is 2.97. The summed E-state index contributed by atoms with van der Waals surface area (Å²) in [6.45, 7) is 0.406. The van der Waals surface area contributed by atoms with Gasteiger partial charge in [0.25, 0.3) is 0 Å². The van der Waals surface area contributed by atoms with Crippen LogP contribution in [0.5, 0.6) is 11.5 Å². The third-order valence-electron chi connectivity index (χ3n) is 3.13. The van der Waals surface area contributed by atoms with Crippen molar-refractivity contribution in [1.29, 1.82) is 0 Å². The first-order valence-corrected chi connectivity index (χ1v) is 7.36. The van der Waals surface area contributed by atoms with Gasteiger partial charge >= 0.3 is 5.97 Å². The van der Waals surface area contributed by atoms with E-state index in [0.29, 0.717) is 18.1 Å². The molecule has 0 spiro atoms. The maximum atomic E-state index is 11.4. The first kappa shape index (κ1) is 17.2. The number of carbonyl (C=O) groups excluding carboxylic acids is 1. The summed E-state index contributed by atoms with van der Waals surface area (Å²) in [5, 5.41) is 0. The number of hydrogen-bond donors (Lipinski definition) is 0. The molecular weight excluding hydrogens is 304 g/mol. The largest absolute Gasteiger partial charge is 0.493 e. The Hall–Kier alpha value is -3.19. The maximum Gasteiger partial charge on any atom is 0.331 e. The highest BCUT2D eigenvalue weighted by molar-refractivity contribution is 5.87. The third-order valence-corrected chi connectivity index (χ3v) is 3.13.